The van der Waals surface area contributed by atoms with Crippen LogP contribution in [0.1, 0.15) is 12.5 Å². The summed E-state index contributed by atoms with van der Waals surface area (Å²) in [6.45, 7) is 1.38. The van der Waals surface area contributed by atoms with Crippen molar-refractivity contribution in [1.29, 1.82) is 0 Å². The lowest BCUT2D eigenvalue weighted by molar-refractivity contribution is -0.175. The SMILES string of the molecule is CCNC(COCC(F)(F)F)Cc1cccc(OC)c1. The molecule has 6 heteroatoms. The second kappa shape index (κ2) is 8.11. The average molecular weight is 291 g/mol. The lowest BCUT2D eigenvalue weighted by atomic mass is 10.1. The maximum Gasteiger partial charge on any atom is 0.411 e. The van der Waals surface area contributed by atoms with E-state index in [4.69, 9.17) is 9.47 Å². The van der Waals surface area contributed by atoms with Gasteiger partial charge in [-0.2, -0.15) is 13.2 Å². The fourth-order valence-corrected chi connectivity index (χ4v) is 1.88. The quantitative estimate of drug-likeness (QED) is 0.799. The number of likely N-dealkylation sites (N-methyl/N-ethyl adjacent to an activating group) is 1. The van der Waals surface area contributed by atoms with Gasteiger partial charge in [0.25, 0.3) is 0 Å². The Balaban J connectivity index is 2.53. The number of methoxy groups -OCH3 is 1. The van der Waals surface area contributed by atoms with E-state index in [0.29, 0.717) is 13.0 Å². The molecule has 0 saturated carbocycles. The first-order valence-electron chi connectivity index (χ1n) is 6.45. The summed E-state index contributed by atoms with van der Waals surface area (Å²) in [5.41, 5.74) is 0.992. The molecule has 0 spiro atoms. The minimum absolute atomic E-state index is 0.0184. The lowest BCUT2D eigenvalue weighted by Gasteiger charge is -2.19. The fourth-order valence-electron chi connectivity index (χ4n) is 1.88. The Bertz CT molecular complexity index is 396. The van der Waals surface area contributed by atoms with E-state index in [9.17, 15) is 13.2 Å². The van der Waals surface area contributed by atoms with E-state index in [1.165, 1.54) is 0 Å². The van der Waals surface area contributed by atoms with Gasteiger partial charge >= 0.3 is 6.18 Å². The van der Waals surface area contributed by atoms with Crippen molar-refractivity contribution in [2.24, 2.45) is 0 Å². The molecule has 3 nitrogen and oxygen atoms in total. The molecular weight excluding hydrogens is 271 g/mol. The standard InChI is InChI=1S/C14H20F3NO2/c1-3-18-12(9-20-10-14(15,16)17)7-11-5-4-6-13(8-11)19-2/h4-6,8,12,18H,3,7,9-10H2,1-2H3. The van der Waals surface area contributed by atoms with Gasteiger partial charge in [-0.05, 0) is 30.7 Å². The van der Waals surface area contributed by atoms with E-state index >= 15 is 0 Å². The van der Waals surface area contributed by atoms with Crippen LogP contribution in [0.4, 0.5) is 13.2 Å². The Labute approximate surface area is 117 Å². The number of nitrogens with one attached hydrogen (secondary N) is 1. The summed E-state index contributed by atoms with van der Waals surface area (Å²) in [4.78, 5) is 0. The topological polar surface area (TPSA) is 30.5 Å². The predicted octanol–water partition coefficient (Wildman–Crippen LogP) is 2.79. The molecule has 0 aromatic heterocycles. The zero-order chi connectivity index (χ0) is 15.0. The van der Waals surface area contributed by atoms with Crippen molar-refractivity contribution in [3.63, 3.8) is 0 Å². The molecule has 1 aromatic rings. The highest BCUT2D eigenvalue weighted by Gasteiger charge is 2.27. The lowest BCUT2D eigenvalue weighted by Crippen LogP contribution is -2.36. The van der Waals surface area contributed by atoms with E-state index in [1.54, 1.807) is 7.11 Å². The van der Waals surface area contributed by atoms with Crippen molar-refractivity contribution in [2.75, 3.05) is 26.9 Å². The molecule has 0 amide bonds. The van der Waals surface area contributed by atoms with Crippen LogP contribution in [0.15, 0.2) is 24.3 Å². The van der Waals surface area contributed by atoms with Gasteiger partial charge < -0.3 is 14.8 Å². The maximum absolute atomic E-state index is 12.1. The van der Waals surface area contributed by atoms with E-state index in [2.05, 4.69) is 5.32 Å². The highest BCUT2D eigenvalue weighted by molar-refractivity contribution is 5.28. The first-order chi connectivity index (χ1) is 9.44. The van der Waals surface area contributed by atoms with Gasteiger partial charge in [-0.3, -0.25) is 0 Å². The molecule has 0 radical (unpaired) electrons. The van der Waals surface area contributed by atoms with Crippen LogP contribution >= 0.6 is 0 Å². The molecule has 0 aliphatic carbocycles. The van der Waals surface area contributed by atoms with Crippen LogP contribution in [0.3, 0.4) is 0 Å². The summed E-state index contributed by atoms with van der Waals surface area (Å²) in [5.74, 6) is 0.731. The van der Waals surface area contributed by atoms with Gasteiger partial charge in [0.2, 0.25) is 0 Å². The fraction of sp³-hybridized carbons (Fsp3) is 0.571. The van der Waals surface area contributed by atoms with Crippen molar-refractivity contribution >= 4 is 0 Å². The number of hydrogen-bond acceptors (Lipinski definition) is 3. The van der Waals surface area contributed by atoms with Crippen molar-refractivity contribution in [3.8, 4) is 5.75 Å². The number of hydrogen-bond donors (Lipinski definition) is 1. The molecule has 1 rings (SSSR count). The summed E-state index contributed by atoms with van der Waals surface area (Å²) < 4.78 is 46.0. The minimum Gasteiger partial charge on any atom is -0.497 e. The van der Waals surface area contributed by atoms with Crippen LogP contribution in [0.25, 0.3) is 0 Å². The molecule has 0 fully saturated rings. The second-order valence-electron chi connectivity index (χ2n) is 4.44. The van der Waals surface area contributed by atoms with Crippen LogP contribution in [-0.2, 0) is 11.2 Å². The monoisotopic (exact) mass is 291 g/mol. The molecule has 114 valence electrons. The number of alkyl halides is 3. The number of halogens is 3. The summed E-state index contributed by atoms with van der Waals surface area (Å²) in [6.07, 6.45) is -3.70. The predicted molar refractivity (Wildman–Crippen MR) is 71.0 cm³/mol. The van der Waals surface area contributed by atoms with Gasteiger partial charge in [0.1, 0.15) is 12.4 Å². The molecule has 0 heterocycles. The molecular formula is C14H20F3NO2. The van der Waals surface area contributed by atoms with E-state index < -0.39 is 12.8 Å². The van der Waals surface area contributed by atoms with Gasteiger partial charge in [0, 0.05) is 6.04 Å². The normalized spacial score (nSPS) is 13.2. The number of benzene rings is 1. The van der Waals surface area contributed by atoms with Crippen molar-refractivity contribution < 1.29 is 22.6 Å². The summed E-state index contributed by atoms with van der Waals surface area (Å²) in [5, 5.41) is 3.12. The van der Waals surface area contributed by atoms with E-state index in [1.807, 2.05) is 31.2 Å². The van der Waals surface area contributed by atoms with Gasteiger partial charge in [-0.15, -0.1) is 0 Å². The van der Waals surface area contributed by atoms with Gasteiger partial charge in [0.05, 0.1) is 13.7 Å². The third-order valence-corrected chi connectivity index (χ3v) is 2.69. The first kappa shape index (κ1) is 16.8. The minimum atomic E-state index is -4.28. The molecule has 1 unspecified atom stereocenters. The smallest absolute Gasteiger partial charge is 0.411 e. The molecule has 1 aromatic carbocycles. The number of rotatable bonds is 8. The Morgan fingerprint density at radius 3 is 2.65 bits per heavy atom. The van der Waals surface area contributed by atoms with Crippen LogP contribution in [-0.4, -0.2) is 39.1 Å². The molecule has 20 heavy (non-hydrogen) atoms. The summed E-state index contributed by atoms with van der Waals surface area (Å²) in [7, 11) is 1.58. The molecule has 0 aliphatic rings. The van der Waals surface area contributed by atoms with Crippen LogP contribution in [0.5, 0.6) is 5.75 Å². The largest absolute Gasteiger partial charge is 0.497 e. The van der Waals surface area contributed by atoms with E-state index in [-0.39, 0.29) is 12.6 Å². The molecule has 0 bridgehead atoms. The van der Waals surface area contributed by atoms with Crippen molar-refractivity contribution in [3.05, 3.63) is 29.8 Å². The Kier molecular flexibility index (Phi) is 6.81. The molecule has 1 N–H and O–H groups in total. The van der Waals surface area contributed by atoms with Gasteiger partial charge in [-0.1, -0.05) is 19.1 Å². The van der Waals surface area contributed by atoms with Gasteiger partial charge in [-0.25, -0.2) is 0 Å². The van der Waals surface area contributed by atoms with Crippen molar-refractivity contribution in [2.45, 2.75) is 25.6 Å². The second-order valence-corrected chi connectivity index (χ2v) is 4.44. The zero-order valence-electron chi connectivity index (χ0n) is 11.7. The summed E-state index contributed by atoms with van der Waals surface area (Å²) >= 11 is 0. The third-order valence-electron chi connectivity index (χ3n) is 2.69. The summed E-state index contributed by atoms with van der Waals surface area (Å²) in [6, 6.07) is 7.30. The van der Waals surface area contributed by atoms with Crippen molar-refractivity contribution in [1.82, 2.24) is 5.32 Å². The highest BCUT2D eigenvalue weighted by Crippen LogP contribution is 2.16. The Morgan fingerprint density at radius 2 is 2.05 bits per heavy atom. The van der Waals surface area contributed by atoms with Crippen LogP contribution in [0, 0.1) is 0 Å². The van der Waals surface area contributed by atoms with Crippen LogP contribution in [0.2, 0.25) is 0 Å². The molecule has 0 saturated heterocycles. The molecule has 0 aliphatic heterocycles. The third kappa shape index (κ3) is 6.77. The van der Waals surface area contributed by atoms with Crippen LogP contribution < -0.4 is 10.1 Å². The highest BCUT2D eigenvalue weighted by atomic mass is 19.4. The van der Waals surface area contributed by atoms with E-state index in [0.717, 1.165) is 11.3 Å². The first-order valence-corrected chi connectivity index (χ1v) is 6.45. The zero-order valence-corrected chi connectivity index (χ0v) is 11.7. The average Bonchev–Trinajstić information content (AvgIpc) is 2.37. The Hall–Kier alpha value is -1.27. The number of ether oxygens (including phenoxy) is 2. The Morgan fingerprint density at radius 1 is 1.30 bits per heavy atom. The maximum atomic E-state index is 12.1. The molecule has 1 atom stereocenters. The van der Waals surface area contributed by atoms with Gasteiger partial charge in [0.15, 0.2) is 0 Å².